The Labute approximate surface area is 111 Å². The van der Waals surface area contributed by atoms with Gasteiger partial charge in [-0.3, -0.25) is 0 Å². The third-order valence-electron chi connectivity index (χ3n) is 2.08. The van der Waals surface area contributed by atoms with E-state index in [0.717, 1.165) is 19.2 Å². The molecule has 80 valence electrons. The van der Waals surface area contributed by atoms with Crippen molar-refractivity contribution in [3.8, 4) is 0 Å². The lowest BCUT2D eigenvalue weighted by atomic mass is 10.1. The Morgan fingerprint density at radius 2 is 2.07 bits per heavy atom. The summed E-state index contributed by atoms with van der Waals surface area (Å²) in [5.41, 5.74) is 0.874. The number of hydrogen-bond acceptors (Lipinski definition) is 2. The van der Waals surface area contributed by atoms with Gasteiger partial charge in [0.2, 0.25) is 0 Å². The summed E-state index contributed by atoms with van der Waals surface area (Å²) in [7, 11) is 0. The first-order valence-corrected chi connectivity index (χ1v) is 6.47. The Hall–Kier alpha value is -0.170. The molecule has 0 atom stereocenters. The van der Waals surface area contributed by atoms with Gasteiger partial charge in [-0.25, -0.2) is 9.67 Å². The van der Waals surface area contributed by atoms with Gasteiger partial charge in [0.1, 0.15) is 4.60 Å². The minimum absolute atomic E-state index is 0.0515. The zero-order chi connectivity index (χ0) is 11.2. The molecule has 0 saturated heterocycles. The Morgan fingerprint density at radius 3 is 2.67 bits per heavy atom. The lowest BCUT2D eigenvalue weighted by molar-refractivity contribution is 0.364. The van der Waals surface area contributed by atoms with Gasteiger partial charge in [0.15, 0.2) is 5.65 Å². The van der Waals surface area contributed by atoms with Crippen LogP contribution in [-0.4, -0.2) is 14.8 Å². The molecule has 2 heterocycles. The highest BCUT2D eigenvalue weighted by Crippen LogP contribution is 2.27. The summed E-state index contributed by atoms with van der Waals surface area (Å²) in [4.78, 5) is 4.43. The number of pyridine rings is 1. The second kappa shape index (κ2) is 3.69. The van der Waals surface area contributed by atoms with Crippen LogP contribution in [0.5, 0.6) is 0 Å². The van der Waals surface area contributed by atoms with Crippen LogP contribution in [0, 0.1) is 3.57 Å². The standard InChI is InChI=1S/C10H11BrIN3/c1-10(2,3)15-9-7(8(11)14-15)4-6(12)5-13-9/h4-5H,1-3H3. The van der Waals surface area contributed by atoms with Crippen LogP contribution in [0.1, 0.15) is 20.8 Å². The van der Waals surface area contributed by atoms with E-state index in [1.807, 2.05) is 10.9 Å². The fraction of sp³-hybridized carbons (Fsp3) is 0.400. The van der Waals surface area contributed by atoms with Gasteiger partial charge in [0.05, 0.1) is 10.9 Å². The van der Waals surface area contributed by atoms with Crippen LogP contribution in [-0.2, 0) is 5.54 Å². The lowest BCUT2D eigenvalue weighted by Crippen LogP contribution is -2.23. The van der Waals surface area contributed by atoms with Crippen molar-refractivity contribution in [2.24, 2.45) is 0 Å². The van der Waals surface area contributed by atoms with E-state index in [1.54, 1.807) is 0 Å². The third-order valence-corrected chi connectivity index (χ3v) is 3.26. The minimum atomic E-state index is -0.0515. The zero-order valence-electron chi connectivity index (χ0n) is 8.75. The Morgan fingerprint density at radius 1 is 1.40 bits per heavy atom. The molecule has 5 heteroatoms. The van der Waals surface area contributed by atoms with E-state index in [1.165, 1.54) is 0 Å². The molecule has 0 fully saturated rings. The van der Waals surface area contributed by atoms with Gasteiger partial charge in [0.25, 0.3) is 0 Å². The summed E-state index contributed by atoms with van der Waals surface area (Å²) in [5, 5.41) is 5.54. The van der Waals surface area contributed by atoms with E-state index >= 15 is 0 Å². The first kappa shape index (κ1) is 11.3. The van der Waals surface area contributed by atoms with E-state index in [2.05, 4.69) is 75.4 Å². The van der Waals surface area contributed by atoms with Gasteiger partial charge in [0, 0.05) is 9.77 Å². The molecule has 2 rings (SSSR count). The second-order valence-corrected chi connectivity index (χ2v) is 6.39. The van der Waals surface area contributed by atoms with Gasteiger partial charge in [-0.05, 0) is 65.4 Å². The van der Waals surface area contributed by atoms with Crippen LogP contribution in [0.2, 0.25) is 0 Å². The summed E-state index contributed by atoms with van der Waals surface area (Å²) >= 11 is 5.72. The van der Waals surface area contributed by atoms with Gasteiger partial charge in [-0.1, -0.05) is 0 Å². The highest BCUT2D eigenvalue weighted by molar-refractivity contribution is 14.1. The highest BCUT2D eigenvalue weighted by Gasteiger charge is 2.20. The van der Waals surface area contributed by atoms with Crippen LogP contribution in [0.4, 0.5) is 0 Å². The predicted octanol–water partition coefficient (Wildman–Crippen LogP) is 3.55. The van der Waals surface area contributed by atoms with Gasteiger partial charge in [-0.2, -0.15) is 5.10 Å². The smallest absolute Gasteiger partial charge is 0.159 e. The highest BCUT2D eigenvalue weighted by atomic mass is 127. The number of halogens is 2. The summed E-state index contributed by atoms with van der Waals surface area (Å²) in [6.45, 7) is 6.35. The number of nitrogens with zero attached hydrogens (tertiary/aromatic N) is 3. The van der Waals surface area contributed by atoms with Crippen molar-refractivity contribution < 1.29 is 0 Å². The summed E-state index contributed by atoms with van der Waals surface area (Å²) in [6, 6.07) is 2.09. The first-order valence-electron chi connectivity index (χ1n) is 4.60. The Balaban J connectivity index is 2.79. The summed E-state index contributed by atoms with van der Waals surface area (Å²) in [5.74, 6) is 0. The van der Waals surface area contributed by atoms with E-state index in [9.17, 15) is 0 Å². The molecule has 15 heavy (non-hydrogen) atoms. The maximum atomic E-state index is 4.47. The molecule has 0 radical (unpaired) electrons. The van der Waals surface area contributed by atoms with Crippen molar-refractivity contribution in [2.75, 3.05) is 0 Å². The molecule has 0 spiro atoms. The molecule has 2 aromatic rings. The average molecular weight is 380 g/mol. The first-order chi connectivity index (χ1) is 6.89. The van der Waals surface area contributed by atoms with E-state index in [0.29, 0.717) is 0 Å². The van der Waals surface area contributed by atoms with Crippen molar-refractivity contribution >= 4 is 49.6 Å². The van der Waals surface area contributed by atoms with Crippen LogP contribution < -0.4 is 0 Å². The average Bonchev–Trinajstić information content (AvgIpc) is 2.43. The molecule has 0 bridgehead atoms. The monoisotopic (exact) mass is 379 g/mol. The van der Waals surface area contributed by atoms with Gasteiger partial charge < -0.3 is 0 Å². The Kier molecular flexibility index (Phi) is 2.79. The summed E-state index contributed by atoms with van der Waals surface area (Å²) < 4.78 is 3.93. The van der Waals surface area contributed by atoms with Crippen molar-refractivity contribution in [3.05, 3.63) is 20.4 Å². The Bertz CT molecular complexity index is 513. The maximum Gasteiger partial charge on any atom is 0.159 e. The van der Waals surface area contributed by atoms with Gasteiger partial charge in [-0.15, -0.1) is 0 Å². The molecular weight excluding hydrogens is 369 g/mol. The van der Waals surface area contributed by atoms with E-state index in [4.69, 9.17) is 0 Å². The van der Waals surface area contributed by atoms with Crippen molar-refractivity contribution in [1.82, 2.24) is 14.8 Å². The molecule has 2 aromatic heterocycles. The van der Waals surface area contributed by atoms with Crippen molar-refractivity contribution in [3.63, 3.8) is 0 Å². The molecule has 0 aliphatic carbocycles. The summed E-state index contributed by atoms with van der Waals surface area (Å²) in [6.07, 6.45) is 1.86. The molecule has 0 aromatic carbocycles. The van der Waals surface area contributed by atoms with Crippen LogP contribution in [0.15, 0.2) is 16.9 Å². The maximum absolute atomic E-state index is 4.47. The second-order valence-electron chi connectivity index (χ2n) is 4.40. The number of aromatic nitrogens is 3. The quantitative estimate of drug-likeness (QED) is 0.655. The fourth-order valence-corrected chi connectivity index (χ4v) is 2.31. The van der Waals surface area contributed by atoms with Crippen molar-refractivity contribution in [2.45, 2.75) is 26.3 Å². The SMILES string of the molecule is CC(C)(C)n1nc(Br)c2cc(I)cnc21. The topological polar surface area (TPSA) is 30.7 Å². The normalized spacial score (nSPS) is 12.3. The molecule has 0 aliphatic rings. The van der Waals surface area contributed by atoms with Crippen LogP contribution in [0.25, 0.3) is 11.0 Å². The third kappa shape index (κ3) is 2.04. The van der Waals surface area contributed by atoms with E-state index in [-0.39, 0.29) is 5.54 Å². The van der Waals surface area contributed by atoms with Crippen LogP contribution >= 0.6 is 38.5 Å². The largest absolute Gasteiger partial charge is 0.241 e. The molecule has 0 saturated carbocycles. The van der Waals surface area contributed by atoms with E-state index < -0.39 is 0 Å². The molecular formula is C10H11BrIN3. The minimum Gasteiger partial charge on any atom is -0.241 e. The molecule has 0 amide bonds. The fourth-order valence-electron chi connectivity index (χ4n) is 1.41. The van der Waals surface area contributed by atoms with Gasteiger partial charge >= 0.3 is 0 Å². The predicted molar refractivity (Wildman–Crippen MR) is 72.9 cm³/mol. The van der Waals surface area contributed by atoms with Crippen LogP contribution in [0.3, 0.4) is 0 Å². The van der Waals surface area contributed by atoms with Crippen molar-refractivity contribution in [1.29, 1.82) is 0 Å². The number of hydrogen-bond donors (Lipinski definition) is 0. The zero-order valence-corrected chi connectivity index (χ0v) is 12.5. The molecule has 0 aliphatic heterocycles. The lowest BCUT2D eigenvalue weighted by Gasteiger charge is -2.19. The molecule has 0 unspecified atom stereocenters. The number of rotatable bonds is 0. The molecule has 0 N–H and O–H groups in total. The number of fused-ring (bicyclic) bond motifs is 1. The molecule has 3 nitrogen and oxygen atoms in total.